The summed E-state index contributed by atoms with van der Waals surface area (Å²) in [5.41, 5.74) is -0.560. The standard InChI is InChI=1S/C13H10BrFN4O3/c1-19-10-8(11(20)18-13(19)22)9(16-12(21)17-10)5-2-3-7(15)6(14)4-5/h2-4,9H,1H3,(H2,16,17,21)(H,18,20,22). The molecule has 1 atom stereocenters. The minimum Gasteiger partial charge on any atom is -0.327 e. The van der Waals surface area contributed by atoms with Gasteiger partial charge in [0.2, 0.25) is 0 Å². The summed E-state index contributed by atoms with van der Waals surface area (Å²) >= 11 is 3.07. The Bertz CT molecular complexity index is 905. The van der Waals surface area contributed by atoms with Crippen LogP contribution in [0.15, 0.2) is 32.3 Å². The summed E-state index contributed by atoms with van der Waals surface area (Å²) in [6.07, 6.45) is 0. The Balaban J connectivity index is 2.26. The highest BCUT2D eigenvalue weighted by atomic mass is 79.9. The number of amides is 2. The number of aromatic nitrogens is 2. The molecule has 1 aliphatic rings. The molecule has 114 valence electrons. The maximum atomic E-state index is 13.4. The summed E-state index contributed by atoms with van der Waals surface area (Å²) in [7, 11) is 1.43. The van der Waals surface area contributed by atoms with Crippen molar-refractivity contribution in [1.82, 2.24) is 14.9 Å². The first kappa shape index (κ1) is 14.5. The molecular formula is C13H10BrFN4O3. The zero-order valence-corrected chi connectivity index (χ0v) is 12.8. The molecule has 0 aliphatic carbocycles. The lowest BCUT2D eigenvalue weighted by Crippen LogP contribution is -2.46. The maximum absolute atomic E-state index is 13.4. The van der Waals surface area contributed by atoms with Crippen LogP contribution in [0.3, 0.4) is 0 Å². The molecule has 2 heterocycles. The quantitative estimate of drug-likeness (QED) is 0.705. The fourth-order valence-electron chi connectivity index (χ4n) is 2.35. The van der Waals surface area contributed by atoms with E-state index in [1.54, 1.807) is 0 Å². The minimum absolute atomic E-state index is 0.114. The molecule has 0 bridgehead atoms. The third-order valence-corrected chi connectivity index (χ3v) is 4.04. The van der Waals surface area contributed by atoms with Crippen LogP contribution in [-0.2, 0) is 7.05 Å². The maximum Gasteiger partial charge on any atom is 0.329 e. The smallest absolute Gasteiger partial charge is 0.327 e. The van der Waals surface area contributed by atoms with Crippen LogP contribution < -0.4 is 21.9 Å². The number of urea groups is 1. The van der Waals surface area contributed by atoms with Crippen molar-refractivity contribution in [2.75, 3.05) is 5.32 Å². The third kappa shape index (κ3) is 2.23. The van der Waals surface area contributed by atoms with Gasteiger partial charge in [0.25, 0.3) is 5.56 Å². The third-order valence-electron chi connectivity index (χ3n) is 3.43. The number of rotatable bonds is 1. The summed E-state index contributed by atoms with van der Waals surface area (Å²) in [5, 5.41) is 5.04. The molecule has 1 unspecified atom stereocenters. The van der Waals surface area contributed by atoms with Gasteiger partial charge in [-0.25, -0.2) is 14.0 Å². The lowest BCUT2D eigenvalue weighted by Gasteiger charge is -2.27. The van der Waals surface area contributed by atoms with E-state index in [4.69, 9.17) is 0 Å². The highest BCUT2D eigenvalue weighted by Gasteiger charge is 2.31. The number of fused-ring (bicyclic) bond motifs is 1. The van der Waals surface area contributed by atoms with Crippen molar-refractivity contribution < 1.29 is 9.18 Å². The Hall–Kier alpha value is -2.42. The van der Waals surface area contributed by atoms with Crippen LogP contribution in [0.1, 0.15) is 17.2 Å². The molecule has 1 aliphatic heterocycles. The molecule has 0 saturated carbocycles. The molecule has 3 rings (SSSR count). The average molecular weight is 369 g/mol. The van der Waals surface area contributed by atoms with Gasteiger partial charge in [-0.05, 0) is 33.6 Å². The van der Waals surface area contributed by atoms with Crippen molar-refractivity contribution in [2.24, 2.45) is 7.05 Å². The molecular weight excluding hydrogens is 359 g/mol. The van der Waals surface area contributed by atoms with E-state index in [-0.39, 0.29) is 15.9 Å². The second kappa shape index (κ2) is 5.09. The van der Waals surface area contributed by atoms with E-state index in [9.17, 15) is 18.8 Å². The number of anilines is 1. The summed E-state index contributed by atoms with van der Waals surface area (Å²) < 4.78 is 14.7. The number of nitrogens with zero attached hydrogens (tertiary/aromatic N) is 1. The number of benzene rings is 1. The van der Waals surface area contributed by atoms with Crippen molar-refractivity contribution in [3.63, 3.8) is 0 Å². The summed E-state index contributed by atoms with van der Waals surface area (Å²) in [5.74, 6) is -0.346. The van der Waals surface area contributed by atoms with Crippen LogP contribution in [0.2, 0.25) is 0 Å². The van der Waals surface area contributed by atoms with Crippen molar-refractivity contribution in [3.05, 3.63) is 60.5 Å². The van der Waals surface area contributed by atoms with Crippen molar-refractivity contribution in [2.45, 2.75) is 6.04 Å². The Kier molecular flexibility index (Phi) is 3.36. The fourth-order valence-corrected chi connectivity index (χ4v) is 2.74. The second-order valence-corrected chi connectivity index (χ2v) is 5.64. The zero-order valence-electron chi connectivity index (χ0n) is 11.2. The lowest BCUT2D eigenvalue weighted by molar-refractivity contribution is 0.248. The first-order chi connectivity index (χ1) is 10.4. The predicted molar refractivity (Wildman–Crippen MR) is 80.4 cm³/mol. The average Bonchev–Trinajstić information content (AvgIpc) is 2.46. The van der Waals surface area contributed by atoms with Crippen LogP contribution >= 0.6 is 15.9 Å². The van der Waals surface area contributed by atoms with Gasteiger partial charge in [-0.15, -0.1) is 0 Å². The largest absolute Gasteiger partial charge is 0.329 e. The highest BCUT2D eigenvalue weighted by molar-refractivity contribution is 9.10. The predicted octanol–water partition coefficient (Wildman–Crippen LogP) is 1.20. The number of hydrogen-bond donors (Lipinski definition) is 3. The number of carbonyl (C=O) groups excluding carboxylic acids is 1. The van der Waals surface area contributed by atoms with E-state index in [2.05, 4.69) is 31.5 Å². The van der Waals surface area contributed by atoms with Crippen molar-refractivity contribution in [3.8, 4) is 0 Å². The Labute approximate surface area is 131 Å². The molecule has 0 fully saturated rings. The molecule has 7 nitrogen and oxygen atoms in total. The van der Waals surface area contributed by atoms with Crippen molar-refractivity contribution >= 4 is 27.8 Å². The molecule has 0 saturated heterocycles. The van der Waals surface area contributed by atoms with Crippen LogP contribution in [0, 0.1) is 5.82 Å². The molecule has 2 aromatic rings. The van der Waals surface area contributed by atoms with Gasteiger partial charge >= 0.3 is 11.7 Å². The van der Waals surface area contributed by atoms with Gasteiger partial charge in [-0.2, -0.15) is 0 Å². The first-order valence-corrected chi connectivity index (χ1v) is 7.03. The summed E-state index contributed by atoms with van der Waals surface area (Å²) in [6, 6.07) is 2.81. The number of nitrogens with one attached hydrogen (secondary N) is 3. The second-order valence-electron chi connectivity index (χ2n) is 4.79. The number of H-pyrrole nitrogens is 1. The van der Waals surface area contributed by atoms with Gasteiger partial charge in [-0.3, -0.25) is 19.7 Å². The van der Waals surface area contributed by atoms with Gasteiger partial charge < -0.3 is 5.32 Å². The number of aromatic amines is 1. The van der Waals surface area contributed by atoms with Gasteiger partial charge in [-0.1, -0.05) is 6.07 Å². The van der Waals surface area contributed by atoms with Crippen molar-refractivity contribution in [1.29, 1.82) is 0 Å². The minimum atomic E-state index is -0.795. The van der Waals surface area contributed by atoms with E-state index >= 15 is 0 Å². The van der Waals surface area contributed by atoms with Crippen LogP contribution in [0.5, 0.6) is 0 Å². The summed E-state index contributed by atoms with van der Waals surface area (Å²) in [4.78, 5) is 37.8. The summed E-state index contributed by atoms with van der Waals surface area (Å²) in [6.45, 7) is 0. The molecule has 3 N–H and O–H groups in total. The number of halogens is 2. The lowest BCUT2D eigenvalue weighted by atomic mass is 9.98. The molecule has 2 amide bonds. The molecule has 22 heavy (non-hydrogen) atoms. The van der Waals surface area contributed by atoms with Gasteiger partial charge in [0.05, 0.1) is 16.1 Å². The highest BCUT2D eigenvalue weighted by Crippen LogP contribution is 2.30. The van der Waals surface area contributed by atoms with Gasteiger partial charge in [0.1, 0.15) is 11.6 Å². The Morgan fingerprint density at radius 1 is 1.27 bits per heavy atom. The zero-order chi connectivity index (χ0) is 16.0. The van der Waals surface area contributed by atoms with Crippen LogP contribution in [0.4, 0.5) is 15.0 Å². The van der Waals surface area contributed by atoms with E-state index in [1.807, 2.05) is 0 Å². The van der Waals surface area contributed by atoms with Gasteiger partial charge in [0, 0.05) is 7.05 Å². The molecule has 0 spiro atoms. The first-order valence-electron chi connectivity index (χ1n) is 6.24. The van der Waals surface area contributed by atoms with E-state index in [0.717, 1.165) is 4.57 Å². The topological polar surface area (TPSA) is 96.0 Å². The molecule has 9 heteroatoms. The molecule has 1 aromatic heterocycles. The monoisotopic (exact) mass is 368 g/mol. The SMILES string of the molecule is Cn1c2c(c(=O)[nH]c1=O)C(c1ccc(F)c(Br)c1)NC(=O)N2. The number of carbonyl (C=O) groups is 1. The van der Waals surface area contributed by atoms with E-state index in [0.29, 0.717) is 5.56 Å². The molecule has 1 aromatic carbocycles. The Morgan fingerprint density at radius 2 is 2.00 bits per heavy atom. The van der Waals surface area contributed by atoms with E-state index < -0.39 is 29.1 Å². The molecule has 0 radical (unpaired) electrons. The number of hydrogen-bond acceptors (Lipinski definition) is 3. The van der Waals surface area contributed by atoms with E-state index in [1.165, 1.54) is 25.2 Å². The van der Waals surface area contributed by atoms with Crippen LogP contribution in [-0.4, -0.2) is 15.6 Å². The fraction of sp³-hybridized carbons (Fsp3) is 0.154. The Morgan fingerprint density at radius 3 is 2.68 bits per heavy atom. The van der Waals surface area contributed by atoms with Gasteiger partial charge in [0.15, 0.2) is 0 Å². The normalized spacial score (nSPS) is 16.7. The van der Waals surface area contributed by atoms with Crippen LogP contribution in [0.25, 0.3) is 0 Å².